The molecule has 0 radical (unpaired) electrons. The molecule has 2 aromatic heterocycles. The van der Waals surface area contributed by atoms with Crippen molar-refractivity contribution in [1.82, 2.24) is 25.0 Å². The van der Waals surface area contributed by atoms with Crippen molar-refractivity contribution in [2.75, 3.05) is 26.2 Å². The van der Waals surface area contributed by atoms with Gasteiger partial charge in [0.25, 0.3) is 11.1 Å². The standard InChI is InChI=1S/C26H32F3N5O2S/c1-33-15-20-19(3-2-4-21(20)32-33)24(35)30-18-7-5-17(6-8-18)9-12-34-13-10-22-23(11-14-34)37-25(31-22)36-16-26(27,28)29/h2-4,15,17-18H,5-14,16H2,1H3,(H,30,35). The molecule has 1 N–H and O–H groups in total. The third-order valence-electron chi connectivity index (χ3n) is 7.38. The molecular formula is C26H32F3N5O2S. The molecule has 1 aromatic carbocycles. The minimum Gasteiger partial charge on any atom is -0.460 e. The van der Waals surface area contributed by atoms with Crippen LogP contribution in [0.5, 0.6) is 5.19 Å². The zero-order chi connectivity index (χ0) is 26.0. The number of ether oxygens (including phenoxy) is 1. The number of halogens is 3. The summed E-state index contributed by atoms with van der Waals surface area (Å²) < 4.78 is 43.8. The van der Waals surface area contributed by atoms with Crippen LogP contribution in [0, 0.1) is 5.92 Å². The molecule has 1 saturated carbocycles. The average Bonchev–Trinajstić information content (AvgIpc) is 3.39. The lowest BCUT2D eigenvalue weighted by Gasteiger charge is -2.30. The fourth-order valence-electron chi connectivity index (χ4n) is 5.40. The monoisotopic (exact) mass is 535 g/mol. The molecule has 2 aliphatic rings. The van der Waals surface area contributed by atoms with Crippen molar-refractivity contribution < 1.29 is 22.7 Å². The number of aromatic nitrogens is 3. The zero-order valence-corrected chi connectivity index (χ0v) is 21.7. The first-order valence-corrected chi connectivity index (χ1v) is 13.7. The fraction of sp³-hybridized carbons (Fsp3) is 0.577. The third-order valence-corrected chi connectivity index (χ3v) is 8.45. The van der Waals surface area contributed by atoms with Crippen molar-refractivity contribution in [3.63, 3.8) is 0 Å². The Balaban J connectivity index is 1.04. The molecule has 3 heterocycles. The van der Waals surface area contributed by atoms with E-state index in [0.717, 1.165) is 86.1 Å². The molecule has 1 amide bonds. The van der Waals surface area contributed by atoms with E-state index >= 15 is 0 Å². The minimum absolute atomic E-state index is 0.0281. The Bertz CT molecular complexity index is 1210. The number of fused-ring (bicyclic) bond motifs is 2. The molecule has 1 aliphatic heterocycles. The van der Waals surface area contributed by atoms with Gasteiger partial charge in [-0.3, -0.25) is 9.48 Å². The molecule has 0 spiro atoms. The highest BCUT2D eigenvalue weighted by Crippen LogP contribution is 2.31. The van der Waals surface area contributed by atoms with Crippen LogP contribution >= 0.6 is 11.3 Å². The van der Waals surface area contributed by atoms with Crippen molar-refractivity contribution in [3.05, 3.63) is 40.5 Å². The van der Waals surface area contributed by atoms with Crippen LogP contribution < -0.4 is 10.1 Å². The molecule has 3 aromatic rings. The smallest absolute Gasteiger partial charge is 0.422 e. The molecular weight excluding hydrogens is 503 g/mol. The van der Waals surface area contributed by atoms with Crippen LogP contribution in [0.2, 0.25) is 0 Å². The first-order chi connectivity index (χ1) is 17.7. The summed E-state index contributed by atoms with van der Waals surface area (Å²) in [7, 11) is 1.86. The summed E-state index contributed by atoms with van der Waals surface area (Å²) >= 11 is 1.24. The Morgan fingerprint density at radius 2 is 1.97 bits per heavy atom. The Kier molecular flexibility index (Phi) is 7.71. The Labute approximate surface area is 218 Å². The van der Waals surface area contributed by atoms with Gasteiger partial charge in [0.15, 0.2) is 6.61 Å². The van der Waals surface area contributed by atoms with Gasteiger partial charge in [0.1, 0.15) is 0 Å². The highest BCUT2D eigenvalue weighted by atomic mass is 32.1. The van der Waals surface area contributed by atoms with E-state index in [1.807, 2.05) is 31.4 Å². The van der Waals surface area contributed by atoms with Crippen molar-refractivity contribution in [2.45, 2.75) is 57.2 Å². The molecule has 1 fully saturated rings. The van der Waals surface area contributed by atoms with E-state index in [9.17, 15) is 18.0 Å². The lowest BCUT2D eigenvalue weighted by atomic mass is 9.84. The Morgan fingerprint density at radius 1 is 1.19 bits per heavy atom. The summed E-state index contributed by atoms with van der Waals surface area (Å²) in [5.41, 5.74) is 2.38. The zero-order valence-electron chi connectivity index (χ0n) is 20.9. The predicted molar refractivity (Wildman–Crippen MR) is 136 cm³/mol. The summed E-state index contributed by atoms with van der Waals surface area (Å²) in [6.07, 6.45) is 4.38. The summed E-state index contributed by atoms with van der Waals surface area (Å²) in [4.78, 5) is 20.7. The maximum Gasteiger partial charge on any atom is 0.422 e. The second kappa shape index (κ2) is 11.0. The number of alkyl halides is 3. The van der Waals surface area contributed by atoms with Crippen molar-refractivity contribution in [3.8, 4) is 5.19 Å². The number of aryl methyl sites for hydroxylation is 1. The number of benzene rings is 1. The van der Waals surface area contributed by atoms with Crippen LogP contribution in [0.3, 0.4) is 0 Å². The maximum atomic E-state index is 12.9. The number of thiazole rings is 1. The summed E-state index contributed by atoms with van der Waals surface area (Å²) in [6, 6.07) is 5.85. The van der Waals surface area contributed by atoms with Gasteiger partial charge in [0, 0.05) is 49.1 Å². The van der Waals surface area contributed by atoms with Crippen LogP contribution in [-0.4, -0.2) is 64.0 Å². The van der Waals surface area contributed by atoms with Gasteiger partial charge >= 0.3 is 6.18 Å². The largest absolute Gasteiger partial charge is 0.460 e. The summed E-state index contributed by atoms with van der Waals surface area (Å²) in [6.45, 7) is 1.47. The van der Waals surface area contributed by atoms with E-state index < -0.39 is 12.8 Å². The molecule has 0 unspecified atom stereocenters. The number of hydrogen-bond acceptors (Lipinski definition) is 6. The normalized spacial score (nSPS) is 21.0. The highest BCUT2D eigenvalue weighted by molar-refractivity contribution is 7.13. The number of hydrogen-bond donors (Lipinski definition) is 1. The average molecular weight is 536 g/mol. The number of nitrogens with one attached hydrogen (secondary N) is 1. The minimum atomic E-state index is -4.35. The molecule has 11 heteroatoms. The maximum absolute atomic E-state index is 12.9. The Morgan fingerprint density at radius 3 is 2.76 bits per heavy atom. The number of rotatable bonds is 7. The Hall–Kier alpha value is -2.66. The van der Waals surface area contributed by atoms with Gasteiger partial charge in [-0.2, -0.15) is 18.3 Å². The SMILES string of the molecule is Cn1cc2c(C(=O)NC3CCC(CCN4CCc5nc(OCC(F)(F)F)sc5CC4)CC3)cccc2n1. The van der Waals surface area contributed by atoms with Crippen LogP contribution in [-0.2, 0) is 19.9 Å². The van der Waals surface area contributed by atoms with E-state index in [1.165, 1.54) is 11.3 Å². The lowest BCUT2D eigenvalue weighted by Crippen LogP contribution is -2.38. The van der Waals surface area contributed by atoms with E-state index in [0.29, 0.717) is 11.5 Å². The van der Waals surface area contributed by atoms with E-state index in [2.05, 4.69) is 20.3 Å². The van der Waals surface area contributed by atoms with Gasteiger partial charge in [0.2, 0.25) is 0 Å². The molecule has 37 heavy (non-hydrogen) atoms. The van der Waals surface area contributed by atoms with E-state index in [4.69, 9.17) is 4.74 Å². The van der Waals surface area contributed by atoms with Gasteiger partial charge in [-0.25, -0.2) is 4.98 Å². The third kappa shape index (κ3) is 6.62. The van der Waals surface area contributed by atoms with E-state index in [-0.39, 0.29) is 17.1 Å². The van der Waals surface area contributed by atoms with Gasteiger partial charge in [-0.1, -0.05) is 17.4 Å². The molecule has 7 nitrogen and oxygen atoms in total. The first-order valence-electron chi connectivity index (χ1n) is 12.9. The first kappa shape index (κ1) is 26.0. The van der Waals surface area contributed by atoms with Crippen LogP contribution in [0.15, 0.2) is 24.4 Å². The number of amides is 1. The quantitative estimate of drug-likeness (QED) is 0.473. The van der Waals surface area contributed by atoms with Gasteiger partial charge in [0.05, 0.1) is 16.8 Å². The van der Waals surface area contributed by atoms with E-state index in [1.54, 1.807) is 4.68 Å². The fourth-order valence-corrected chi connectivity index (χ4v) is 6.34. The van der Waals surface area contributed by atoms with Crippen molar-refractivity contribution in [2.24, 2.45) is 13.0 Å². The second-order valence-corrected chi connectivity index (χ2v) is 11.2. The van der Waals surface area contributed by atoms with Crippen molar-refractivity contribution in [1.29, 1.82) is 0 Å². The molecule has 1 aliphatic carbocycles. The molecule has 200 valence electrons. The molecule has 0 bridgehead atoms. The molecule has 5 rings (SSSR count). The topological polar surface area (TPSA) is 72.3 Å². The second-order valence-electron chi connectivity index (χ2n) is 10.1. The summed E-state index contributed by atoms with van der Waals surface area (Å²) in [5, 5.41) is 8.63. The van der Waals surface area contributed by atoms with Crippen LogP contribution in [0.1, 0.15) is 53.0 Å². The van der Waals surface area contributed by atoms with Gasteiger partial charge in [-0.05, 0) is 63.1 Å². The summed E-state index contributed by atoms with van der Waals surface area (Å²) in [5.74, 6) is 0.618. The number of carbonyl (C=O) groups excluding carboxylic acids is 1. The van der Waals surface area contributed by atoms with Crippen LogP contribution in [0.25, 0.3) is 10.9 Å². The highest BCUT2D eigenvalue weighted by Gasteiger charge is 2.30. The van der Waals surface area contributed by atoms with Gasteiger partial charge < -0.3 is 15.0 Å². The van der Waals surface area contributed by atoms with Crippen molar-refractivity contribution >= 4 is 28.1 Å². The molecule has 0 saturated heterocycles. The van der Waals surface area contributed by atoms with Gasteiger partial charge in [-0.15, -0.1) is 0 Å². The molecule has 0 atom stereocenters. The lowest BCUT2D eigenvalue weighted by molar-refractivity contribution is -0.153. The van der Waals surface area contributed by atoms with Crippen LogP contribution in [0.4, 0.5) is 13.2 Å². The number of carbonyl (C=O) groups is 1. The predicted octanol–water partition coefficient (Wildman–Crippen LogP) is 4.75. The number of nitrogens with zero attached hydrogens (tertiary/aromatic N) is 4.